The van der Waals surface area contributed by atoms with Gasteiger partial charge in [0.25, 0.3) is 0 Å². The fourth-order valence-corrected chi connectivity index (χ4v) is 4.01. The van der Waals surface area contributed by atoms with Crippen molar-refractivity contribution in [1.82, 2.24) is 0 Å². The Bertz CT molecular complexity index is 1160. The van der Waals surface area contributed by atoms with Gasteiger partial charge in [-0.15, -0.1) is 0 Å². The van der Waals surface area contributed by atoms with Gasteiger partial charge < -0.3 is 10.5 Å². The van der Waals surface area contributed by atoms with E-state index in [0.717, 1.165) is 72.8 Å². The van der Waals surface area contributed by atoms with Crippen molar-refractivity contribution in [2.75, 3.05) is 0 Å². The lowest BCUT2D eigenvalue weighted by Gasteiger charge is -2.10. The van der Waals surface area contributed by atoms with Crippen molar-refractivity contribution in [2.45, 2.75) is 99.8 Å². The number of ketones is 1. The fourth-order valence-electron chi connectivity index (χ4n) is 4.01. The molecule has 0 fully saturated rings. The number of benzene rings is 2. The van der Waals surface area contributed by atoms with Gasteiger partial charge in [-0.05, 0) is 49.0 Å². The first-order valence-corrected chi connectivity index (χ1v) is 15.0. The van der Waals surface area contributed by atoms with Crippen molar-refractivity contribution < 1.29 is 9.90 Å². The molecule has 0 aliphatic heterocycles. The van der Waals surface area contributed by atoms with E-state index < -0.39 is 0 Å². The molecule has 0 aliphatic carbocycles. The molecule has 4 nitrogen and oxygen atoms in total. The largest absolute Gasteiger partial charge is 0.507 e. The molecule has 0 spiro atoms. The minimum atomic E-state index is -0.0463. The molecule has 42 heavy (non-hydrogen) atoms. The van der Waals surface area contributed by atoms with Crippen LogP contribution in [-0.2, 0) is 4.79 Å². The summed E-state index contributed by atoms with van der Waals surface area (Å²) in [6.07, 6.45) is 13.7. The number of hydrogen-bond acceptors (Lipinski definition) is 4. The zero-order valence-corrected chi connectivity index (χ0v) is 26.1. The molecule has 0 saturated heterocycles. The number of unbranched alkanes of at least 4 members (excludes halogenated alkanes) is 5. The summed E-state index contributed by atoms with van der Waals surface area (Å²) in [5.41, 5.74) is 4.78. The van der Waals surface area contributed by atoms with Gasteiger partial charge >= 0.3 is 0 Å². The zero-order chi connectivity index (χ0) is 31.0. The van der Waals surface area contributed by atoms with Gasteiger partial charge in [0.1, 0.15) is 5.75 Å². The molecular formula is C38H56N2O2. The van der Waals surface area contributed by atoms with Gasteiger partial charge in [-0.2, -0.15) is 0 Å². The number of phenols is 1. The van der Waals surface area contributed by atoms with E-state index in [1.165, 1.54) is 12.6 Å². The first kappa shape index (κ1) is 40.3. The highest BCUT2D eigenvalue weighted by molar-refractivity contribution is 6.26. The number of Topliss-reactive ketones (excluding diaryl/α,β-unsaturated/α-hetero) is 1. The van der Waals surface area contributed by atoms with Gasteiger partial charge in [-0.25, -0.2) is 0 Å². The van der Waals surface area contributed by atoms with Gasteiger partial charge in [0.2, 0.25) is 0 Å². The minimum Gasteiger partial charge on any atom is -0.507 e. The average Bonchev–Trinajstić information content (AvgIpc) is 3.01. The average molecular weight is 573 g/mol. The van der Waals surface area contributed by atoms with Crippen LogP contribution in [0.3, 0.4) is 0 Å². The maximum atomic E-state index is 12.4. The molecular weight excluding hydrogens is 516 g/mol. The Balaban J connectivity index is 0. The Kier molecular flexibility index (Phi) is 24.0. The number of nitrogens with one attached hydrogen (secondary N) is 2. The van der Waals surface area contributed by atoms with Crippen LogP contribution in [0.5, 0.6) is 5.75 Å². The van der Waals surface area contributed by atoms with Gasteiger partial charge in [0.05, 0.1) is 5.71 Å². The van der Waals surface area contributed by atoms with E-state index in [1.807, 2.05) is 69.3 Å². The first-order valence-electron chi connectivity index (χ1n) is 15.0. The summed E-state index contributed by atoms with van der Waals surface area (Å²) in [4.78, 5) is 12.4. The van der Waals surface area contributed by atoms with Crippen LogP contribution in [0.4, 0.5) is 0 Å². The lowest BCUT2D eigenvalue weighted by atomic mass is 9.95. The normalized spacial score (nSPS) is 10.8. The molecule has 2 aromatic rings. The van der Waals surface area contributed by atoms with Gasteiger partial charge in [0, 0.05) is 29.3 Å². The van der Waals surface area contributed by atoms with Crippen LogP contribution in [0.15, 0.2) is 96.6 Å². The van der Waals surface area contributed by atoms with Crippen molar-refractivity contribution in [2.24, 2.45) is 0 Å². The van der Waals surface area contributed by atoms with Crippen LogP contribution >= 0.6 is 0 Å². The second-order valence-electron chi connectivity index (χ2n) is 9.64. The molecule has 0 bridgehead atoms. The van der Waals surface area contributed by atoms with Crippen LogP contribution in [0.1, 0.15) is 111 Å². The number of aromatic hydroxyl groups is 1. The standard InChI is InChI=1S/C32H38N2O2.C3H8.C2H6.CH4/c1-4-26(29-19-14-15-21-31(29)36)22-28(24(2)23-33)18-10-7-5-6-8-13-20-30(35)25(3)32(34)27-16-11-9-12-17-27;1-3-2;1-2;/h4,9,11-12,14-17,19,21-23,33-34,36H,1,3,5-8,10,13,18,20H2,2H3;3H2,1-2H3;1-2H3;1H4/b26-22+,28-24+,33-23?,34-32?;;;. The van der Waals surface area contributed by atoms with E-state index >= 15 is 0 Å². The van der Waals surface area contributed by atoms with E-state index in [1.54, 1.807) is 18.2 Å². The summed E-state index contributed by atoms with van der Waals surface area (Å²) < 4.78 is 0. The Morgan fingerprint density at radius 2 is 1.38 bits per heavy atom. The Morgan fingerprint density at radius 3 is 1.90 bits per heavy atom. The number of rotatable bonds is 16. The summed E-state index contributed by atoms with van der Waals surface area (Å²) in [5.74, 6) is 0.171. The molecule has 0 aromatic heterocycles. The number of hydrogen-bond donors (Lipinski definition) is 3. The lowest BCUT2D eigenvalue weighted by Crippen LogP contribution is -2.12. The van der Waals surface area contributed by atoms with E-state index in [-0.39, 0.29) is 30.2 Å². The van der Waals surface area contributed by atoms with Crippen molar-refractivity contribution in [3.8, 4) is 5.75 Å². The molecule has 0 amide bonds. The molecule has 0 aliphatic rings. The molecule has 0 radical (unpaired) electrons. The summed E-state index contributed by atoms with van der Waals surface area (Å²) in [5, 5.41) is 26.1. The molecule has 3 N–H and O–H groups in total. The van der Waals surface area contributed by atoms with Gasteiger partial charge in [-0.1, -0.05) is 141 Å². The monoisotopic (exact) mass is 572 g/mol. The van der Waals surface area contributed by atoms with Crippen LogP contribution in [0.25, 0.3) is 5.57 Å². The predicted molar refractivity (Wildman–Crippen MR) is 186 cm³/mol. The van der Waals surface area contributed by atoms with Crippen LogP contribution in [0.2, 0.25) is 0 Å². The van der Waals surface area contributed by atoms with Gasteiger partial charge in [-0.3, -0.25) is 10.2 Å². The third-order valence-electron chi connectivity index (χ3n) is 6.29. The summed E-state index contributed by atoms with van der Waals surface area (Å²) in [6.45, 7) is 17.9. The second kappa shape index (κ2) is 25.0. The molecule has 2 aromatic carbocycles. The molecule has 0 atom stereocenters. The molecule has 0 heterocycles. The van der Waals surface area contributed by atoms with Crippen LogP contribution < -0.4 is 0 Å². The third-order valence-corrected chi connectivity index (χ3v) is 6.29. The summed E-state index contributed by atoms with van der Waals surface area (Å²) >= 11 is 0. The topological polar surface area (TPSA) is 85.0 Å². The highest BCUT2D eigenvalue weighted by Gasteiger charge is 2.13. The summed E-state index contributed by atoms with van der Waals surface area (Å²) in [7, 11) is 0. The lowest BCUT2D eigenvalue weighted by molar-refractivity contribution is -0.115. The quantitative estimate of drug-likeness (QED) is 0.0808. The molecule has 0 saturated carbocycles. The SMILES string of the molecule is C.C=C/C(=C\C(CCCCCCCCC(=O)C(=C)C(=N)c1ccccc1)=C(/C)C=N)c1ccccc1O.CC.CCC. The predicted octanol–water partition coefficient (Wildman–Crippen LogP) is 11.3. The Hall–Kier alpha value is -3.79. The van der Waals surface area contributed by atoms with E-state index in [2.05, 4.69) is 27.0 Å². The summed E-state index contributed by atoms with van der Waals surface area (Å²) in [6, 6.07) is 16.5. The third kappa shape index (κ3) is 15.3. The van der Waals surface area contributed by atoms with E-state index in [0.29, 0.717) is 6.42 Å². The maximum absolute atomic E-state index is 12.4. The number of allylic oxidation sites excluding steroid dienone is 6. The smallest absolute Gasteiger partial charge is 0.164 e. The van der Waals surface area contributed by atoms with Gasteiger partial charge in [0.15, 0.2) is 5.78 Å². The van der Waals surface area contributed by atoms with Crippen molar-refractivity contribution in [1.29, 1.82) is 10.8 Å². The molecule has 0 unspecified atom stereocenters. The van der Waals surface area contributed by atoms with Crippen LogP contribution in [0, 0.1) is 10.8 Å². The van der Waals surface area contributed by atoms with Crippen LogP contribution in [-0.4, -0.2) is 22.8 Å². The first-order chi connectivity index (χ1) is 19.8. The Morgan fingerprint density at radius 1 is 0.881 bits per heavy atom. The number of carbonyl (C=O) groups excluding carboxylic acids is 1. The number of phenolic OH excluding ortho intramolecular Hbond substituents is 1. The van der Waals surface area contributed by atoms with E-state index in [4.69, 9.17) is 10.8 Å². The highest BCUT2D eigenvalue weighted by Crippen LogP contribution is 2.28. The fraction of sp³-hybridized carbons (Fsp3) is 0.395. The molecule has 230 valence electrons. The Labute approximate surface area is 257 Å². The van der Waals surface area contributed by atoms with Crippen molar-refractivity contribution in [3.05, 3.63) is 108 Å². The number of carbonyl (C=O) groups is 1. The van der Waals surface area contributed by atoms with E-state index in [9.17, 15) is 9.90 Å². The molecule has 4 heteroatoms. The van der Waals surface area contributed by atoms with Crippen molar-refractivity contribution in [3.63, 3.8) is 0 Å². The second-order valence-corrected chi connectivity index (χ2v) is 9.64. The highest BCUT2D eigenvalue weighted by atomic mass is 16.3. The zero-order valence-electron chi connectivity index (χ0n) is 26.1. The number of para-hydroxylation sites is 1. The minimum absolute atomic E-state index is 0. The maximum Gasteiger partial charge on any atom is 0.164 e. The van der Waals surface area contributed by atoms with Crippen molar-refractivity contribution >= 4 is 23.3 Å². The molecule has 2 rings (SSSR count).